The average molecular weight is 428 g/mol. The molecule has 2 aliphatic heterocycles. The van der Waals surface area contributed by atoms with Crippen LogP contribution in [0.3, 0.4) is 0 Å². The van der Waals surface area contributed by atoms with Crippen LogP contribution < -0.4 is 5.32 Å². The topological polar surface area (TPSA) is 52.7 Å². The van der Waals surface area contributed by atoms with Crippen molar-refractivity contribution < 1.29 is 9.59 Å². The molecule has 3 aromatic rings. The molecule has 2 amide bonds. The molecule has 32 heavy (non-hydrogen) atoms. The van der Waals surface area contributed by atoms with Crippen molar-refractivity contribution in [1.82, 2.24) is 15.1 Å². The van der Waals surface area contributed by atoms with Crippen molar-refractivity contribution >= 4 is 22.6 Å². The highest BCUT2D eigenvalue weighted by molar-refractivity contribution is 6.10. The third kappa shape index (κ3) is 3.67. The maximum atomic E-state index is 13.0. The van der Waals surface area contributed by atoms with Crippen LogP contribution in [0.5, 0.6) is 0 Å². The summed E-state index contributed by atoms with van der Waals surface area (Å²) in [5.41, 5.74) is 4.69. The van der Waals surface area contributed by atoms with Gasteiger partial charge in [0, 0.05) is 37.3 Å². The van der Waals surface area contributed by atoms with Gasteiger partial charge in [0.05, 0.1) is 0 Å². The van der Waals surface area contributed by atoms with Crippen LogP contribution in [0.4, 0.5) is 0 Å². The maximum absolute atomic E-state index is 13.0. The van der Waals surface area contributed by atoms with Gasteiger partial charge >= 0.3 is 0 Å². The quantitative estimate of drug-likeness (QED) is 0.660. The number of hydrogen-bond acceptors (Lipinski definition) is 3. The fraction of sp³-hybridized carbons (Fsp3) is 0.333. The first-order valence-corrected chi connectivity index (χ1v) is 11.4. The second-order valence-corrected chi connectivity index (χ2v) is 9.06. The van der Waals surface area contributed by atoms with E-state index in [0.717, 1.165) is 46.0 Å². The molecular formula is C27H29N3O2. The minimum absolute atomic E-state index is 0.0189. The Balaban J connectivity index is 1.41. The predicted octanol–water partition coefficient (Wildman–Crippen LogP) is 4.31. The average Bonchev–Trinajstić information content (AvgIpc) is 3.34. The highest BCUT2D eigenvalue weighted by Crippen LogP contribution is 2.33. The summed E-state index contributed by atoms with van der Waals surface area (Å²) in [5, 5.41) is 5.14. The molecule has 0 spiro atoms. The molecule has 5 heteroatoms. The highest BCUT2D eigenvalue weighted by atomic mass is 16.2. The number of nitrogens with zero attached hydrogens (tertiary/aromatic N) is 2. The van der Waals surface area contributed by atoms with Gasteiger partial charge in [0.2, 0.25) is 0 Å². The summed E-state index contributed by atoms with van der Waals surface area (Å²) < 4.78 is 0. The number of amides is 2. The zero-order valence-corrected chi connectivity index (χ0v) is 18.7. The standard InChI is InChI=1S/C27H29N3O2/c1-29-15-5-6-20(29)13-14-28-26(31)25-10-4-8-23-21(7-3-9-24(23)25)18-11-12-22-19(16-18)17-30(2)27(22)32/h3-4,7-12,16,20H,5-6,13-15,17H2,1-2H3,(H,28,31). The summed E-state index contributed by atoms with van der Waals surface area (Å²) in [6.07, 6.45) is 3.45. The molecule has 1 N–H and O–H groups in total. The molecule has 1 atom stereocenters. The van der Waals surface area contributed by atoms with E-state index >= 15 is 0 Å². The number of hydrogen-bond donors (Lipinski definition) is 1. The summed E-state index contributed by atoms with van der Waals surface area (Å²) in [6.45, 7) is 2.48. The van der Waals surface area contributed by atoms with Crippen LogP contribution in [-0.2, 0) is 6.54 Å². The SMILES string of the molecule is CN1Cc2cc(-c3cccc4c(C(=O)NCCC5CCCN5C)cccc34)ccc2C1=O. The van der Waals surface area contributed by atoms with Crippen molar-refractivity contribution in [3.8, 4) is 11.1 Å². The van der Waals surface area contributed by atoms with E-state index in [2.05, 4.69) is 35.5 Å². The van der Waals surface area contributed by atoms with E-state index in [0.29, 0.717) is 24.7 Å². The van der Waals surface area contributed by atoms with E-state index in [-0.39, 0.29) is 11.8 Å². The van der Waals surface area contributed by atoms with Crippen LogP contribution in [-0.4, -0.2) is 54.8 Å². The first-order valence-electron chi connectivity index (χ1n) is 11.4. The van der Waals surface area contributed by atoms with Crippen LogP contribution in [0.1, 0.15) is 45.5 Å². The minimum atomic E-state index is -0.0189. The Kier molecular flexibility index (Phi) is 5.43. The van der Waals surface area contributed by atoms with Crippen molar-refractivity contribution in [2.45, 2.75) is 31.8 Å². The normalized spacial score (nSPS) is 18.4. The van der Waals surface area contributed by atoms with E-state index in [1.807, 2.05) is 43.4 Å². The Labute approximate surface area is 189 Å². The van der Waals surface area contributed by atoms with Crippen molar-refractivity contribution in [1.29, 1.82) is 0 Å². The lowest BCUT2D eigenvalue weighted by atomic mass is 9.93. The lowest BCUT2D eigenvalue weighted by Crippen LogP contribution is -2.31. The smallest absolute Gasteiger partial charge is 0.254 e. The van der Waals surface area contributed by atoms with Crippen molar-refractivity contribution in [2.24, 2.45) is 0 Å². The monoisotopic (exact) mass is 427 g/mol. The number of likely N-dealkylation sites (tertiary alicyclic amines) is 1. The number of benzene rings is 3. The molecule has 2 heterocycles. The van der Waals surface area contributed by atoms with Crippen LogP contribution in [0.2, 0.25) is 0 Å². The van der Waals surface area contributed by atoms with Crippen molar-refractivity contribution in [3.63, 3.8) is 0 Å². The molecule has 2 aliphatic rings. The summed E-state index contributed by atoms with van der Waals surface area (Å²) in [6, 6.07) is 18.6. The van der Waals surface area contributed by atoms with Crippen molar-refractivity contribution in [2.75, 3.05) is 27.2 Å². The van der Waals surface area contributed by atoms with E-state index in [9.17, 15) is 9.59 Å². The second kappa shape index (κ2) is 8.40. The molecule has 0 aromatic heterocycles. The molecule has 1 fully saturated rings. The largest absolute Gasteiger partial charge is 0.352 e. The number of carbonyl (C=O) groups excluding carboxylic acids is 2. The summed E-state index contributed by atoms with van der Waals surface area (Å²) in [4.78, 5) is 29.4. The van der Waals surface area contributed by atoms with Gasteiger partial charge in [0.15, 0.2) is 0 Å². The number of fused-ring (bicyclic) bond motifs is 2. The van der Waals surface area contributed by atoms with E-state index in [4.69, 9.17) is 0 Å². The zero-order valence-electron chi connectivity index (χ0n) is 18.7. The molecule has 0 radical (unpaired) electrons. The molecule has 0 saturated carbocycles. The Morgan fingerprint density at radius 1 is 1.03 bits per heavy atom. The fourth-order valence-electron chi connectivity index (χ4n) is 5.18. The molecule has 1 saturated heterocycles. The summed E-state index contributed by atoms with van der Waals surface area (Å²) in [5.74, 6) is 0.0572. The first-order chi connectivity index (χ1) is 15.5. The van der Waals surface area contributed by atoms with E-state index < -0.39 is 0 Å². The zero-order chi connectivity index (χ0) is 22.2. The van der Waals surface area contributed by atoms with E-state index in [1.54, 1.807) is 4.90 Å². The Bertz CT molecular complexity index is 1200. The summed E-state index contributed by atoms with van der Waals surface area (Å²) in [7, 11) is 3.99. The predicted molar refractivity (Wildman–Crippen MR) is 128 cm³/mol. The number of carbonyl (C=O) groups is 2. The minimum Gasteiger partial charge on any atom is -0.352 e. The van der Waals surface area contributed by atoms with Crippen LogP contribution in [0, 0.1) is 0 Å². The van der Waals surface area contributed by atoms with Gasteiger partial charge in [-0.25, -0.2) is 0 Å². The molecule has 0 aliphatic carbocycles. The molecule has 164 valence electrons. The van der Waals surface area contributed by atoms with Gasteiger partial charge in [-0.15, -0.1) is 0 Å². The molecule has 5 nitrogen and oxygen atoms in total. The van der Waals surface area contributed by atoms with Crippen LogP contribution in [0.15, 0.2) is 54.6 Å². The molecular weight excluding hydrogens is 398 g/mol. The van der Waals surface area contributed by atoms with Gasteiger partial charge in [-0.2, -0.15) is 0 Å². The fourth-order valence-corrected chi connectivity index (χ4v) is 5.18. The number of nitrogens with one attached hydrogen (secondary N) is 1. The molecule has 1 unspecified atom stereocenters. The number of rotatable bonds is 5. The van der Waals surface area contributed by atoms with Gasteiger partial charge in [-0.1, -0.05) is 36.4 Å². The third-order valence-electron chi connectivity index (χ3n) is 7.00. The highest BCUT2D eigenvalue weighted by Gasteiger charge is 2.25. The molecule has 0 bridgehead atoms. The van der Waals surface area contributed by atoms with Gasteiger partial charge < -0.3 is 15.1 Å². The Morgan fingerprint density at radius 3 is 2.66 bits per heavy atom. The first kappa shape index (κ1) is 20.7. The molecule has 3 aromatic carbocycles. The summed E-state index contributed by atoms with van der Waals surface area (Å²) >= 11 is 0. The van der Waals surface area contributed by atoms with Gasteiger partial charge in [0.25, 0.3) is 11.8 Å². The van der Waals surface area contributed by atoms with Crippen molar-refractivity contribution in [3.05, 3.63) is 71.3 Å². The Hall–Kier alpha value is -3.18. The van der Waals surface area contributed by atoms with Crippen LogP contribution >= 0.6 is 0 Å². The second-order valence-electron chi connectivity index (χ2n) is 9.06. The van der Waals surface area contributed by atoms with Gasteiger partial charge in [-0.3, -0.25) is 9.59 Å². The lowest BCUT2D eigenvalue weighted by Gasteiger charge is -2.19. The lowest BCUT2D eigenvalue weighted by molar-refractivity contribution is 0.0816. The van der Waals surface area contributed by atoms with Gasteiger partial charge in [-0.05, 0) is 78.5 Å². The van der Waals surface area contributed by atoms with Crippen LogP contribution in [0.25, 0.3) is 21.9 Å². The maximum Gasteiger partial charge on any atom is 0.254 e. The Morgan fingerprint density at radius 2 is 1.84 bits per heavy atom. The molecule has 5 rings (SSSR count). The van der Waals surface area contributed by atoms with Gasteiger partial charge in [0.1, 0.15) is 0 Å². The van der Waals surface area contributed by atoms with E-state index in [1.165, 1.54) is 12.8 Å². The third-order valence-corrected chi connectivity index (χ3v) is 7.00.